The number of hydrogen-bond donors (Lipinski definition) is 2. The fourth-order valence-corrected chi connectivity index (χ4v) is 3.11. The molecule has 1 fully saturated rings. The third-order valence-electron chi connectivity index (χ3n) is 2.37. The lowest BCUT2D eigenvalue weighted by atomic mass is 10.3. The van der Waals surface area contributed by atoms with Crippen LogP contribution < -0.4 is 5.73 Å². The Bertz CT molecular complexity index is 328. The van der Waals surface area contributed by atoms with E-state index in [1.54, 1.807) is 0 Å². The molecule has 0 radical (unpaired) electrons. The van der Waals surface area contributed by atoms with E-state index in [0.29, 0.717) is 19.5 Å². The molecule has 0 saturated carbocycles. The summed E-state index contributed by atoms with van der Waals surface area (Å²) in [4.78, 5) is 10.2. The van der Waals surface area contributed by atoms with Gasteiger partial charge in [-0.2, -0.15) is 0 Å². The number of carboxylic acids is 1. The molecule has 1 unspecified atom stereocenters. The maximum Gasteiger partial charge on any atom is 0.303 e. The van der Waals surface area contributed by atoms with Gasteiger partial charge in [-0.1, -0.05) is 0 Å². The SMILES string of the molecule is NC1CCN(S(=O)(=O)CCCC(=O)O)C1. The van der Waals surface area contributed by atoms with E-state index in [0.717, 1.165) is 0 Å². The topological polar surface area (TPSA) is 101 Å². The Hall–Kier alpha value is -0.660. The summed E-state index contributed by atoms with van der Waals surface area (Å²) in [6.45, 7) is 0.811. The van der Waals surface area contributed by atoms with E-state index < -0.39 is 16.0 Å². The number of hydrogen-bond acceptors (Lipinski definition) is 4. The Morgan fingerprint density at radius 3 is 2.67 bits per heavy atom. The Kier molecular flexibility index (Phi) is 4.06. The lowest BCUT2D eigenvalue weighted by Gasteiger charge is -2.15. The zero-order chi connectivity index (χ0) is 11.5. The van der Waals surface area contributed by atoms with Crippen molar-refractivity contribution in [2.75, 3.05) is 18.8 Å². The third kappa shape index (κ3) is 3.77. The Morgan fingerprint density at radius 1 is 1.53 bits per heavy atom. The van der Waals surface area contributed by atoms with Crippen molar-refractivity contribution in [2.24, 2.45) is 5.73 Å². The van der Waals surface area contributed by atoms with E-state index in [4.69, 9.17) is 10.8 Å². The summed E-state index contributed by atoms with van der Waals surface area (Å²) in [6, 6.07) is -0.0840. The molecule has 0 aromatic heterocycles. The summed E-state index contributed by atoms with van der Waals surface area (Å²) >= 11 is 0. The summed E-state index contributed by atoms with van der Waals surface area (Å²) in [5.41, 5.74) is 5.60. The molecule has 1 heterocycles. The number of rotatable bonds is 5. The Morgan fingerprint density at radius 2 is 2.20 bits per heavy atom. The Labute approximate surface area is 89.1 Å². The van der Waals surface area contributed by atoms with Gasteiger partial charge in [0.1, 0.15) is 0 Å². The van der Waals surface area contributed by atoms with Crippen molar-refractivity contribution in [1.29, 1.82) is 0 Å². The van der Waals surface area contributed by atoms with Crippen LogP contribution in [0.2, 0.25) is 0 Å². The van der Waals surface area contributed by atoms with Gasteiger partial charge in [-0.05, 0) is 12.8 Å². The van der Waals surface area contributed by atoms with Gasteiger partial charge in [-0.3, -0.25) is 4.79 Å². The molecule has 0 aromatic carbocycles. The van der Waals surface area contributed by atoms with Crippen molar-refractivity contribution in [3.8, 4) is 0 Å². The van der Waals surface area contributed by atoms with E-state index in [9.17, 15) is 13.2 Å². The van der Waals surface area contributed by atoms with Crippen molar-refractivity contribution in [3.63, 3.8) is 0 Å². The molecule has 1 saturated heterocycles. The molecule has 0 amide bonds. The first kappa shape index (κ1) is 12.4. The zero-order valence-electron chi connectivity index (χ0n) is 8.42. The first-order valence-corrected chi connectivity index (χ1v) is 6.48. The quantitative estimate of drug-likeness (QED) is 0.651. The second-order valence-corrected chi connectivity index (χ2v) is 5.81. The first-order valence-electron chi connectivity index (χ1n) is 4.87. The highest BCUT2D eigenvalue weighted by atomic mass is 32.2. The molecule has 0 aliphatic carbocycles. The average molecular weight is 236 g/mol. The van der Waals surface area contributed by atoms with Crippen molar-refractivity contribution in [1.82, 2.24) is 4.31 Å². The van der Waals surface area contributed by atoms with Crippen LogP contribution in [-0.4, -0.2) is 48.7 Å². The average Bonchev–Trinajstić information content (AvgIpc) is 2.51. The number of aliphatic carboxylic acids is 1. The van der Waals surface area contributed by atoms with E-state index in [-0.39, 0.29) is 24.6 Å². The van der Waals surface area contributed by atoms with Crippen LogP contribution in [0, 0.1) is 0 Å². The van der Waals surface area contributed by atoms with Crippen LogP contribution in [0.25, 0.3) is 0 Å². The third-order valence-corrected chi connectivity index (χ3v) is 4.30. The fourth-order valence-electron chi connectivity index (χ4n) is 1.54. The summed E-state index contributed by atoms with van der Waals surface area (Å²) in [6.07, 6.45) is 0.723. The molecule has 6 nitrogen and oxygen atoms in total. The van der Waals surface area contributed by atoms with E-state index in [2.05, 4.69) is 0 Å². The van der Waals surface area contributed by atoms with Gasteiger partial charge < -0.3 is 10.8 Å². The monoisotopic (exact) mass is 236 g/mol. The zero-order valence-corrected chi connectivity index (χ0v) is 9.24. The molecular weight excluding hydrogens is 220 g/mol. The standard InChI is InChI=1S/C8H16N2O4S/c9-7-3-4-10(6-7)15(13,14)5-1-2-8(11)12/h7H,1-6,9H2,(H,11,12). The molecule has 0 bridgehead atoms. The molecule has 1 rings (SSSR count). The van der Waals surface area contributed by atoms with Crippen LogP contribution in [-0.2, 0) is 14.8 Å². The fraction of sp³-hybridized carbons (Fsp3) is 0.875. The normalized spacial score (nSPS) is 23.1. The smallest absolute Gasteiger partial charge is 0.303 e. The van der Waals surface area contributed by atoms with Crippen LogP contribution in [0.1, 0.15) is 19.3 Å². The molecule has 3 N–H and O–H groups in total. The first-order chi connectivity index (χ1) is 6.92. The van der Waals surface area contributed by atoms with Crippen molar-refractivity contribution in [3.05, 3.63) is 0 Å². The summed E-state index contributed by atoms with van der Waals surface area (Å²) in [7, 11) is -3.30. The van der Waals surface area contributed by atoms with E-state index >= 15 is 0 Å². The highest BCUT2D eigenvalue weighted by molar-refractivity contribution is 7.89. The maximum absolute atomic E-state index is 11.6. The largest absolute Gasteiger partial charge is 0.481 e. The second kappa shape index (κ2) is 4.91. The summed E-state index contributed by atoms with van der Waals surface area (Å²) in [5.74, 6) is -1.07. The van der Waals surface area contributed by atoms with Gasteiger partial charge in [0, 0.05) is 25.6 Å². The highest BCUT2D eigenvalue weighted by Crippen LogP contribution is 2.13. The van der Waals surface area contributed by atoms with Crippen LogP contribution in [0.15, 0.2) is 0 Å². The summed E-state index contributed by atoms with van der Waals surface area (Å²) in [5, 5.41) is 8.39. The number of carboxylic acid groups (broad SMARTS) is 1. The maximum atomic E-state index is 11.6. The summed E-state index contributed by atoms with van der Waals surface area (Å²) < 4.78 is 24.6. The Balaban J connectivity index is 2.42. The number of sulfonamides is 1. The van der Waals surface area contributed by atoms with Gasteiger partial charge in [-0.25, -0.2) is 12.7 Å². The van der Waals surface area contributed by atoms with Gasteiger partial charge >= 0.3 is 5.97 Å². The minimum atomic E-state index is -3.30. The van der Waals surface area contributed by atoms with Crippen LogP contribution in [0.3, 0.4) is 0 Å². The molecule has 1 atom stereocenters. The highest BCUT2D eigenvalue weighted by Gasteiger charge is 2.28. The van der Waals surface area contributed by atoms with E-state index in [1.807, 2.05) is 0 Å². The number of nitrogens with zero attached hydrogens (tertiary/aromatic N) is 1. The second-order valence-electron chi connectivity index (χ2n) is 3.72. The van der Waals surface area contributed by atoms with Crippen LogP contribution in [0.4, 0.5) is 0 Å². The van der Waals surface area contributed by atoms with Gasteiger partial charge in [-0.15, -0.1) is 0 Å². The molecule has 88 valence electrons. The van der Waals surface area contributed by atoms with Crippen molar-refractivity contribution < 1.29 is 18.3 Å². The van der Waals surface area contributed by atoms with Gasteiger partial charge in [0.05, 0.1) is 5.75 Å². The predicted octanol–water partition coefficient (Wildman–Crippen LogP) is -0.786. The van der Waals surface area contributed by atoms with Crippen molar-refractivity contribution >= 4 is 16.0 Å². The van der Waals surface area contributed by atoms with Crippen LogP contribution >= 0.6 is 0 Å². The van der Waals surface area contributed by atoms with E-state index in [1.165, 1.54) is 4.31 Å². The number of nitrogens with two attached hydrogens (primary N) is 1. The van der Waals surface area contributed by atoms with Crippen LogP contribution in [0.5, 0.6) is 0 Å². The van der Waals surface area contributed by atoms with Gasteiger partial charge in [0.2, 0.25) is 10.0 Å². The molecule has 0 aromatic rings. The molecule has 1 aliphatic heterocycles. The minimum Gasteiger partial charge on any atom is -0.481 e. The molecule has 15 heavy (non-hydrogen) atoms. The molecule has 7 heteroatoms. The predicted molar refractivity (Wildman–Crippen MR) is 54.8 cm³/mol. The van der Waals surface area contributed by atoms with Crippen molar-refractivity contribution in [2.45, 2.75) is 25.3 Å². The molecular formula is C8H16N2O4S. The van der Waals surface area contributed by atoms with Gasteiger partial charge in [0.15, 0.2) is 0 Å². The van der Waals surface area contributed by atoms with Gasteiger partial charge in [0.25, 0.3) is 0 Å². The lowest BCUT2D eigenvalue weighted by Crippen LogP contribution is -2.33. The molecule has 0 spiro atoms. The lowest BCUT2D eigenvalue weighted by molar-refractivity contribution is -0.137. The molecule has 1 aliphatic rings. The number of carbonyl (C=O) groups is 1. The minimum absolute atomic E-state index is 0.0840.